The van der Waals surface area contributed by atoms with E-state index in [9.17, 15) is 9.18 Å². The highest BCUT2D eigenvalue weighted by Crippen LogP contribution is 2.37. The number of fused-ring (bicyclic) bond motifs is 1. The van der Waals surface area contributed by atoms with Crippen LogP contribution in [0.5, 0.6) is 11.5 Å². The number of amides is 1. The van der Waals surface area contributed by atoms with E-state index in [0.717, 1.165) is 24.1 Å². The summed E-state index contributed by atoms with van der Waals surface area (Å²) in [5.41, 5.74) is 1.90. The molecule has 0 atom stereocenters. The molecule has 0 bridgehead atoms. The largest absolute Gasteiger partial charge is 0.495 e. The fourth-order valence-electron chi connectivity index (χ4n) is 3.37. The van der Waals surface area contributed by atoms with Crippen LogP contribution in [0.4, 0.5) is 10.1 Å². The van der Waals surface area contributed by atoms with Crippen molar-refractivity contribution in [2.45, 2.75) is 19.4 Å². The van der Waals surface area contributed by atoms with Crippen LogP contribution in [0.1, 0.15) is 28.3 Å². The Morgan fingerprint density at radius 2 is 1.96 bits per heavy atom. The van der Waals surface area contributed by atoms with Crippen LogP contribution in [0.3, 0.4) is 0 Å². The maximum Gasteiger partial charge on any atom is 0.294 e. The lowest BCUT2D eigenvalue weighted by Crippen LogP contribution is -2.35. The van der Waals surface area contributed by atoms with Crippen molar-refractivity contribution < 1.29 is 23.1 Å². The van der Waals surface area contributed by atoms with Gasteiger partial charge in [-0.2, -0.15) is 0 Å². The third kappa shape index (κ3) is 3.58. The molecule has 1 aliphatic rings. The minimum absolute atomic E-state index is 0.152. The molecule has 4 rings (SSSR count). The first kappa shape index (κ1) is 18.1. The molecule has 2 heterocycles. The summed E-state index contributed by atoms with van der Waals surface area (Å²) < 4.78 is 29.7. The maximum atomic E-state index is 13.0. The Hall–Kier alpha value is -3.28. The van der Waals surface area contributed by atoms with E-state index < -0.39 is 0 Å². The van der Waals surface area contributed by atoms with Crippen LogP contribution in [0.15, 0.2) is 59.0 Å². The topological polar surface area (TPSA) is 51.9 Å². The molecule has 2 aromatic carbocycles. The number of hydrogen-bond acceptors (Lipinski definition) is 4. The molecule has 0 N–H and O–H groups in total. The SMILES string of the molecule is COc1cccc2c1N(C(=O)c1ccc(COc3ccc(F)cc3)o1)CCC2. The normalized spacial score (nSPS) is 13.1. The Balaban J connectivity index is 1.50. The summed E-state index contributed by atoms with van der Waals surface area (Å²) in [4.78, 5) is 14.8. The highest BCUT2D eigenvalue weighted by Gasteiger charge is 2.28. The van der Waals surface area contributed by atoms with E-state index in [1.165, 1.54) is 12.1 Å². The zero-order chi connectivity index (χ0) is 19.5. The average Bonchev–Trinajstić information content (AvgIpc) is 3.21. The van der Waals surface area contributed by atoms with Gasteiger partial charge in [0.2, 0.25) is 0 Å². The summed E-state index contributed by atoms with van der Waals surface area (Å²) >= 11 is 0. The van der Waals surface area contributed by atoms with Crippen LogP contribution in [0.25, 0.3) is 0 Å². The van der Waals surface area contributed by atoms with Crippen molar-refractivity contribution in [3.63, 3.8) is 0 Å². The van der Waals surface area contributed by atoms with Gasteiger partial charge in [0.25, 0.3) is 5.91 Å². The number of halogens is 1. The summed E-state index contributed by atoms with van der Waals surface area (Å²) in [6, 6.07) is 14.9. The van der Waals surface area contributed by atoms with Gasteiger partial charge >= 0.3 is 0 Å². The minimum Gasteiger partial charge on any atom is -0.495 e. The lowest BCUT2D eigenvalue weighted by Gasteiger charge is -2.30. The number of methoxy groups -OCH3 is 1. The second kappa shape index (κ2) is 7.76. The molecule has 0 spiro atoms. The molecule has 0 fully saturated rings. The van der Waals surface area contributed by atoms with Gasteiger partial charge in [0.1, 0.15) is 29.7 Å². The highest BCUT2D eigenvalue weighted by atomic mass is 19.1. The van der Waals surface area contributed by atoms with E-state index in [0.29, 0.717) is 23.8 Å². The van der Waals surface area contributed by atoms with Crippen LogP contribution >= 0.6 is 0 Å². The molecule has 6 heteroatoms. The van der Waals surface area contributed by atoms with E-state index in [-0.39, 0.29) is 24.1 Å². The quantitative estimate of drug-likeness (QED) is 0.648. The fourth-order valence-corrected chi connectivity index (χ4v) is 3.37. The molecular formula is C22H20FNO4. The number of ether oxygens (including phenoxy) is 2. The molecule has 28 heavy (non-hydrogen) atoms. The third-order valence-corrected chi connectivity index (χ3v) is 4.71. The predicted octanol–water partition coefficient (Wildman–Crippen LogP) is 4.60. The summed E-state index contributed by atoms with van der Waals surface area (Å²) in [5.74, 6) is 1.44. The summed E-state index contributed by atoms with van der Waals surface area (Å²) in [6.07, 6.45) is 1.79. The van der Waals surface area contributed by atoms with Gasteiger partial charge in [0, 0.05) is 6.54 Å². The molecule has 3 aromatic rings. The van der Waals surface area contributed by atoms with Crippen molar-refractivity contribution in [2.75, 3.05) is 18.6 Å². The van der Waals surface area contributed by atoms with Crippen LogP contribution in [0, 0.1) is 5.82 Å². The first-order valence-electron chi connectivity index (χ1n) is 9.10. The van der Waals surface area contributed by atoms with Gasteiger partial charge in [-0.3, -0.25) is 4.79 Å². The smallest absolute Gasteiger partial charge is 0.294 e. The second-order valence-electron chi connectivity index (χ2n) is 6.54. The maximum absolute atomic E-state index is 13.0. The zero-order valence-electron chi connectivity index (χ0n) is 15.5. The predicted molar refractivity (Wildman–Crippen MR) is 102 cm³/mol. The van der Waals surface area contributed by atoms with Crippen molar-refractivity contribution in [1.82, 2.24) is 0 Å². The molecule has 0 aliphatic carbocycles. The second-order valence-corrected chi connectivity index (χ2v) is 6.54. The summed E-state index contributed by atoms with van der Waals surface area (Å²) in [5, 5.41) is 0. The number of rotatable bonds is 5. The number of anilines is 1. The van der Waals surface area contributed by atoms with Gasteiger partial charge in [0.05, 0.1) is 12.8 Å². The number of carbonyl (C=O) groups excluding carboxylic acids is 1. The van der Waals surface area contributed by atoms with Gasteiger partial charge in [-0.05, 0) is 60.9 Å². The first-order chi connectivity index (χ1) is 13.7. The Labute approximate surface area is 162 Å². The van der Waals surface area contributed by atoms with Gasteiger partial charge in [-0.1, -0.05) is 12.1 Å². The molecule has 1 aliphatic heterocycles. The number of nitrogens with zero attached hydrogens (tertiary/aromatic N) is 1. The number of aryl methyl sites for hydroxylation is 1. The number of carbonyl (C=O) groups is 1. The third-order valence-electron chi connectivity index (χ3n) is 4.71. The number of hydrogen-bond donors (Lipinski definition) is 0. The standard InChI is InChI=1S/C22H20FNO4/c1-26-19-6-2-4-15-5-3-13-24(21(15)19)22(25)20-12-11-18(28-20)14-27-17-9-7-16(23)8-10-17/h2,4,6-12H,3,5,13-14H2,1H3. The van der Waals surface area contributed by atoms with Gasteiger partial charge < -0.3 is 18.8 Å². The molecule has 1 amide bonds. The van der Waals surface area contributed by atoms with Gasteiger partial charge in [0.15, 0.2) is 5.76 Å². The summed E-state index contributed by atoms with van der Waals surface area (Å²) in [6.45, 7) is 0.757. The van der Waals surface area contributed by atoms with Crippen molar-refractivity contribution in [2.24, 2.45) is 0 Å². The first-order valence-corrected chi connectivity index (χ1v) is 9.10. The Morgan fingerprint density at radius 1 is 1.14 bits per heavy atom. The lowest BCUT2D eigenvalue weighted by atomic mass is 10.0. The molecule has 0 unspecified atom stereocenters. The molecular weight excluding hydrogens is 361 g/mol. The molecule has 1 aromatic heterocycles. The van der Waals surface area contributed by atoms with E-state index in [1.54, 1.807) is 36.3 Å². The van der Waals surface area contributed by atoms with Crippen LogP contribution < -0.4 is 14.4 Å². The monoisotopic (exact) mass is 381 g/mol. The number of furan rings is 1. The van der Waals surface area contributed by atoms with Crippen LogP contribution in [0.2, 0.25) is 0 Å². The van der Waals surface area contributed by atoms with Crippen molar-refractivity contribution >= 4 is 11.6 Å². The number of benzene rings is 2. The van der Waals surface area contributed by atoms with Gasteiger partial charge in [-0.15, -0.1) is 0 Å². The average molecular weight is 381 g/mol. The molecule has 144 valence electrons. The van der Waals surface area contributed by atoms with E-state index in [1.807, 2.05) is 18.2 Å². The summed E-state index contributed by atoms with van der Waals surface area (Å²) in [7, 11) is 1.60. The van der Waals surface area contributed by atoms with Crippen LogP contribution in [-0.4, -0.2) is 19.6 Å². The Bertz CT molecular complexity index is 966. The van der Waals surface area contributed by atoms with E-state index >= 15 is 0 Å². The Kier molecular flexibility index (Phi) is 5.02. The number of para-hydroxylation sites is 1. The molecule has 0 saturated carbocycles. The Morgan fingerprint density at radius 3 is 2.75 bits per heavy atom. The molecule has 0 radical (unpaired) electrons. The molecule has 0 saturated heterocycles. The lowest BCUT2D eigenvalue weighted by molar-refractivity contribution is 0.0953. The molecule has 5 nitrogen and oxygen atoms in total. The van der Waals surface area contributed by atoms with Crippen molar-refractivity contribution in [1.29, 1.82) is 0 Å². The fraction of sp³-hybridized carbons (Fsp3) is 0.227. The van der Waals surface area contributed by atoms with E-state index in [2.05, 4.69) is 0 Å². The van der Waals surface area contributed by atoms with Crippen LogP contribution in [-0.2, 0) is 13.0 Å². The van der Waals surface area contributed by atoms with E-state index in [4.69, 9.17) is 13.9 Å². The zero-order valence-corrected chi connectivity index (χ0v) is 15.5. The minimum atomic E-state index is -0.324. The highest BCUT2D eigenvalue weighted by molar-refractivity contribution is 6.06. The van der Waals surface area contributed by atoms with Crippen molar-refractivity contribution in [3.05, 3.63) is 77.5 Å². The van der Waals surface area contributed by atoms with Crippen molar-refractivity contribution in [3.8, 4) is 11.5 Å². The van der Waals surface area contributed by atoms with Gasteiger partial charge in [-0.25, -0.2) is 4.39 Å².